The van der Waals surface area contributed by atoms with Crippen LogP contribution in [-0.4, -0.2) is 30.5 Å². The van der Waals surface area contributed by atoms with Crippen LogP contribution >= 0.6 is 15.9 Å². The molecule has 1 amide bonds. The number of hydrogen-bond acceptors (Lipinski definition) is 2. The first-order chi connectivity index (χ1) is 9.43. The summed E-state index contributed by atoms with van der Waals surface area (Å²) in [6, 6.07) is 5.80. The minimum absolute atomic E-state index is 0.0849. The second kappa shape index (κ2) is 6.17. The standard InChI is InChI=1S/C16H22BrNO2/c1-10-7-11(2)12(3)18(9-10)16(19)14-8-13(20-4)5-6-15(14)17/h5-6,8,10-12H,7,9H2,1-4H3. The maximum atomic E-state index is 12.8. The number of carbonyl (C=O) groups excluding carboxylic acids is 1. The van der Waals surface area contributed by atoms with E-state index in [2.05, 4.69) is 36.7 Å². The summed E-state index contributed by atoms with van der Waals surface area (Å²) in [5.41, 5.74) is 0.678. The summed E-state index contributed by atoms with van der Waals surface area (Å²) in [6.07, 6.45) is 1.18. The Morgan fingerprint density at radius 2 is 2.05 bits per heavy atom. The monoisotopic (exact) mass is 339 g/mol. The van der Waals surface area contributed by atoms with Crippen LogP contribution in [0.15, 0.2) is 22.7 Å². The van der Waals surface area contributed by atoms with Crippen LogP contribution in [-0.2, 0) is 0 Å². The molecule has 0 aromatic heterocycles. The van der Waals surface area contributed by atoms with Gasteiger partial charge in [0, 0.05) is 17.1 Å². The zero-order valence-electron chi connectivity index (χ0n) is 12.5. The number of hydrogen-bond donors (Lipinski definition) is 0. The first-order valence-corrected chi connectivity index (χ1v) is 7.87. The van der Waals surface area contributed by atoms with Crippen LogP contribution in [0, 0.1) is 11.8 Å². The van der Waals surface area contributed by atoms with E-state index in [0.29, 0.717) is 23.1 Å². The largest absolute Gasteiger partial charge is 0.497 e. The van der Waals surface area contributed by atoms with E-state index in [-0.39, 0.29) is 11.9 Å². The minimum Gasteiger partial charge on any atom is -0.497 e. The number of likely N-dealkylation sites (tertiary alicyclic amines) is 1. The normalized spacial score (nSPS) is 26.4. The highest BCUT2D eigenvalue weighted by Crippen LogP contribution is 2.30. The van der Waals surface area contributed by atoms with Gasteiger partial charge in [-0.05, 0) is 59.3 Å². The molecule has 1 aromatic carbocycles. The molecule has 0 saturated carbocycles. The van der Waals surface area contributed by atoms with Crippen LogP contribution in [0.1, 0.15) is 37.6 Å². The third-order valence-electron chi connectivity index (χ3n) is 4.26. The fourth-order valence-electron chi connectivity index (χ4n) is 2.93. The Bertz CT molecular complexity index is 503. The Balaban J connectivity index is 2.30. The molecule has 1 fully saturated rings. The van der Waals surface area contributed by atoms with Gasteiger partial charge in [0.05, 0.1) is 12.7 Å². The molecule has 3 unspecified atom stereocenters. The van der Waals surface area contributed by atoms with E-state index in [9.17, 15) is 4.79 Å². The topological polar surface area (TPSA) is 29.5 Å². The van der Waals surface area contributed by atoms with Gasteiger partial charge in [0.2, 0.25) is 0 Å². The molecule has 1 saturated heterocycles. The van der Waals surface area contributed by atoms with Gasteiger partial charge in [-0.15, -0.1) is 0 Å². The average molecular weight is 340 g/mol. The molecule has 0 bridgehead atoms. The number of amides is 1. The Labute approximate surface area is 129 Å². The van der Waals surface area contributed by atoms with Crippen molar-refractivity contribution in [2.45, 2.75) is 33.2 Å². The highest BCUT2D eigenvalue weighted by atomic mass is 79.9. The SMILES string of the molecule is COc1ccc(Br)c(C(=O)N2CC(C)CC(C)C2C)c1. The van der Waals surface area contributed by atoms with Gasteiger partial charge in [-0.2, -0.15) is 0 Å². The summed E-state index contributed by atoms with van der Waals surface area (Å²) >= 11 is 3.47. The molecule has 2 rings (SSSR count). The summed E-state index contributed by atoms with van der Waals surface area (Å²) in [4.78, 5) is 14.8. The first-order valence-electron chi connectivity index (χ1n) is 7.08. The molecule has 0 radical (unpaired) electrons. The second-order valence-corrected chi connectivity index (χ2v) is 6.72. The first kappa shape index (κ1) is 15.4. The predicted molar refractivity (Wildman–Crippen MR) is 84.1 cm³/mol. The molecule has 3 atom stereocenters. The average Bonchev–Trinajstić information content (AvgIpc) is 2.42. The molecule has 3 nitrogen and oxygen atoms in total. The lowest BCUT2D eigenvalue weighted by molar-refractivity contribution is 0.0454. The van der Waals surface area contributed by atoms with Crippen molar-refractivity contribution in [3.63, 3.8) is 0 Å². The smallest absolute Gasteiger partial charge is 0.255 e. The van der Waals surface area contributed by atoms with Crippen LogP contribution in [0.3, 0.4) is 0 Å². The van der Waals surface area contributed by atoms with Crippen LogP contribution < -0.4 is 4.74 Å². The lowest BCUT2D eigenvalue weighted by atomic mass is 9.85. The lowest BCUT2D eigenvalue weighted by Gasteiger charge is -2.41. The van der Waals surface area contributed by atoms with Gasteiger partial charge in [0.15, 0.2) is 0 Å². The van der Waals surface area contributed by atoms with Crippen molar-refractivity contribution < 1.29 is 9.53 Å². The molecule has 0 aliphatic carbocycles. The molecule has 110 valence electrons. The molecule has 1 heterocycles. The summed E-state index contributed by atoms with van der Waals surface area (Å²) in [7, 11) is 1.62. The number of nitrogens with zero attached hydrogens (tertiary/aromatic N) is 1. The fourth-order valence-corrected chi connectivity index (χ4v) is 3.35. The van der Waals surface area contributed by atoms with Crippen molar-refractivity contribution in [1.29, 1.82) is 0 Å². The summed E-state index contributed by atoms with van der Waals surface area (Å²) in [5, 5.41) is 0. The maximum absolute atomic E-state index is 12.8. The van der Waals surface area contributed by atoms with Gasteiger partial charge >= 0.3 is 0 Å². The van der Waals surface area contributed by atoms with Crippen molar-refractivity contribution in [3.8, 4) is 5.75 Å². The van der Waals surface area contributed by atoms with E-state index in [1.165, 1.54) is 6.42 Å². The van der Waals surface area contributed by atoms with Crippen LogP contribution in [0.25, 0.3) is 0 Å². The Morgan fingerprint density at radius 3 is 2.70 bits per heavy atom. The van der Waals surface area contributed by atoms with E-state index in [4.69, 9.17) is 4.74 Å². The number of ether oxygens (including phenoxy) is 1. The number of piperidine rings is 1. The van der Waals surface area contributed by atoms with Gasteiger partial charge < -0.3 is 9.64 Å². The van der Waals surface area contributed by atoms with E-state index in [1.54, 1.807) is 7.11 Å². The Kier molecular flexibility index (Phi) is 4.74. The van der Waals surface area contributed by atoms with Gasteiger partial charge in [-0.25, -0.2) is 0 Å². The van der Waals surface area contributed by atoms with Gasteiger partial charge in [-0.1, -0.05) is 13.8 Å². The number of methoxy groups -OCH3 is 1. The summed E-state index contributed by atoms with van der Waals surface area (Å²) in [5.74, 6) is 1.88. The molecule has 4 heteroatoms. The van der Waals surface area contributed by atoms with Crippen molar-refractivity contribution in [2.24, 2.45) is 11.8 Å². The van der Waals surface area contributed by atoms with Crippen molar-refractivity contribution in [1.82, 2.24) is 4.90 Å². The highest BCUT2D eigenvalue weighted by molar-refractivity contribution is 9.10. The molecule has 1 aliphatic rings. The van der Waals surface area contributed by atoms with Gasteiger partial charge in [-0.3, -0.25) is 4.79 Å². The lowest BCUT2D eigenvalue weighted by Crippen LogP contribution is -2.48. The number of benzene rings is 1. The van der Waals surface area contributed by atoms with Crippen molar-refractivity contribution in [2.75, 3.05) is 13.7 Å². The highest BCUT2D eigenvalue weighted by Gasteiger charge is 2.33. The van der Waals surface area contributed by atoms with E-state index >= 15 is 0 Å². The van der Waals surface area contributed by atoms with E-state index in [0.717, 1.165) is 11.0 Å². The number of halogens is 1. The number of rotatable bonds is 2. The zero-order valence-corrected chi connectivity index (χ0v) is 14.1. The Hall–Kier alpha value is -1.03. The Morgan fingerprint density at radius 1 is 1.35 bits per heavy atom. The van der Waals surface area contributed by atoms with Gasteiger partial charge in [0.25, 0.3) is 5.91 Å². The molecule has 1 aliphatic heterocycles. The second-order valence-electron chi connectivity index (χ2n) is 5.86. The number of carbonyl (C=O) groups is 1. The van der Waals surface area contributed by atoms with Crippen molar-refractivity contribution >= 4 is 21.8 Å². The van der Waals surface area contributed by atoms with E-state index < -0.39 is 0 Å². The third-order valence-corrected chi connectivity index (χ3v) is 4.95. The summed E-state index contributed by atoms with van der Waals surface area (Å²) in [6.45, 7) is 7.40. The van der Waals surface area contributed by atoms with E-state index in [1.807, 2.05) is 23.1 Å². The molecular formula is C16H22BrNO2. The van der Waals surface area contributed by atoms with Crippen LogP contribution in [0.2, 0.25) is 0 Å². The molecule has 0 spiro atoms. The molecular weight excluding hydrogens is 318 g/mol. The summed E-state index contributed by atoms with van der Waals surface area (Å²) < 4.78 is 6.05. The predicted octanol–water partition coefficient (Wildman–Crippen LogP) is 3.96. The molecule has 0 N–H and O–H groups in total. The zero-order chi connectivity index (χ0) is 14.9. The minimum atomic E-state index is 0.0849. The van der Waals surface area contributed by atoms with Crippen LogP contribution in [0.4, 0.5) is 0 Å². The maximum Gasteiger partial charge on any atom is 0.255 e. The van der Waals surface area contributed by atoms with Crippen molar-refractivity contribution in [3.05, 3.63) is 28.2 Å². The molecule has 1 aromatic rings. The van der Waals surface area contributed by atoms with Crippen LogP contribution in [0.5, 0.6) is 5.75 Å². The fraction of sp³-hybridized carbons (Fsp3) is 0.562. The van der Waals surface area contributed by atoms with Gasteiger partial charge in [0.1, 0.15) is 5.75 Å². The molecule has 20 heavy (non-hydrogen) atoms. The quantitative estimate of drug-likeness (QED) is 0.815. The third kappa shape index (κ3) is 3.00.